The second-order valence-electron chi connectivity index (χ2n) is 5.42. The molecule has 0 aliphatic rings. The van der Waals surface area contributed by atoms with Crippen LogP contribution in [-0.4, -0.2) is 25.9 Å². The van der Waals surface area contributed by atoms with Gasteiger partial charge in [0.25, 0.3) is 0 Å². The van der Waals surface area contributed by atoms with Crippen molar-refractivity contribution >= 4 is 46.6 Å². The average Bonchev–Trinajstić information content (AvgIpc) is 2.93. The van der Waals surface area contributed by atoms with E-state index in [1.165, 1.54) is 11.8 Å². The Bertz CT molecular complexity index is 672. The van der Waals surface area contributed by atoms with E-state index in [0.717, 1.165) is 31.0 Å². The minimum atomic E-state index is -0.322. The van der Waals surface area contributed by atoms with Crippen molar-refractivity contribution in [1.82, 2.24) is 14.8 Å². The van der Waals surface area contributed by atoms with E-state index in [1.807, 2.05) is 11.5 Å². The number of nitrogens with one attached hydrogen (secondary N) is 1. The number of amides is 1. The van der Waals surface area contributed by atoms with E-state index in [-0.39, 0.29) is 11.2 Å². The molecule has 1 atom stereocenters. The number of unbranched alkanes of at least 4 members (excludes halogenated alkanes) is 2. The minimum Gasteiger partial charge on any atom is -0.325 e. The summed E-state index contributed by atoms with van der Waals surface area (Å²) in [6, 6.07) is 4.95. The van der Waals surface area contributed by atoms with Crippen LogP contribution in [0.3, 0.4) is 0 Å². The van der Waals surface area contributed by atoms with Gasteiger partial charge in [-0.15, -0.1) is 10.2 Å². The Hall–Kier alpha value is -1.24. The topological polar surface area (TPSA) is 59.8 Å². The fraction of sp³-hybridized carbons (Fsp3) is 0.438. The highest BCUT2D eigenvalue weighted by molar-refractivity contribution is 8.00. The molecule has 1 amide bonds. The van der Waals surface area contributed by atoms with E-state index < -0.39 is 0 Å². The molecule has 5 nitrogen and oxygen atoms in total. The monoisotopic (exact) mass is 386 g/mol. The molecule has 0 aliphatic carbocycles. The first-order valence-corrected chi connectivity index (χ1v) is 9.44. The van der Waals surface area contributed by atoms with Gasteiger partial charge in [0.1, 0.15) is 6.33 Å². The third-order valence-electron chi connectivity index (χ3n) is 3.36. The number of aromatic nitrogens is 3. The Labute approximate surface area is 156 Å². The highest BCUT2D eigenvalue weighted by Crippen LogP contribution is 2.25. The maximum atomic E-state index is 12.4. The largest absolute Gasteiger partial charge is 0.325 e. The van der Waals surface area contributed by atoms with Crippen molar-refractivity contribution < 1.29 is 4.79 Å². The van der Waals surface area contributed by atoms with Gasteiger partial charge in [-0.25, -0.2) is 0 Å². The molecule has 2 aromatic rings. The maximum absolute atomic E-state index is 12.4. The van der Waals surface area contributed by atoms with Crippen molar-refractivity contribution in [3.63, 3.8) is 0 Å². The number of halogens is 2. The number of thioether (sulfide) groups is 1. The molecule has 0 saturated carbocycles. The Morgan fingerprint density at radius 3 is 2.67 bits per heavy atom. The Kier molecular flexibility index (Phi) is 7.40. The molecule has 24 heavy (non-hydrogen) atoms. The Balaban J connectivity index is 1.95. The molecule has 0 bridgehead atoms. The van der Waals surface area contributed by atoms with Gasteiger partial charge in [-0.2, -0.15) is 0 Å². The van der Waals surface area contributed by atoms with Crippen LogP contribution in [0.2, 0.25) is 10.0 Å². The van der Waals surface area contributed by atoms with Crippen LogP contribution < -0.4 is 5.32 Å². The standard InChI is InChI=1S/C16H20Cl2N4OS/c1-3-4-5-6-22-10-19-21-16(22)24-11(2)15(23)20-14-8-12(17)7-13(18)9-14/h7-11H,3-6H2,1-2H3,(H,20,23)/t11-/m1/s1. The number of benzene rings is 1. The summed E-state index contributed by atoms with van der Waals surface area (Å²) < 4.78 is 1.99. The van der Waals surface area contributed by atoms with Crippen molar-refractivity contribution in [3.05, 3.63) is 34.6 Å². The summed E-state index contributed by atoms with van der Waals surface area (Å²) in [7, 11) is 0. The van der Waals surface area contributed by atoms with Crippen LogP contribution in [0.25, 0.3) is 0 Å². The van der Waals surface area contributed by atoms with Crippen molar-refractivity contribution in [2.24, 2.45) is 0 Å². The van der Waals surface area contributed by atoms with Crippen LogP contribution in [0.5, 0.6) is 0 Å². The zero-order chi connectivity index (χ0) is 17.5. The summed E-state index contributed by atoms with van der Waals surface area (Å²) in [5, 5.41) is 12.3. The van der Waals surface area contributed by atoms with Crippen molar-refractivity contribution in [1.29, 1.82) is 0 Å². The van der Waals surface area contributed by atoms with Gasteiger partial charge in [0.15, 0.2) is 5.16 Å². The van der Waals surface area contributed by atoms with Gasteiger partial charge in [-0.3, -0.25) is 4.79 Å². The number of carbonyl (C=O) groups is 1. The molecular formula is C16H20Cl2N4OS. The molecule has 130 valence electrons. The fourth-order valence-electron chi connectivity index (χ4n) is 2.10. The first-order valence-electron chi connectivity index (χ1n) is 7.81. The average molecular weight is 387 g/mol. The quantitative estimate of drug-likeness (QED) is 0.517. The van der Waals surface area contributed by atoms with Gasteiger partial charge >= 0.3 is 0 Å². The molecule has 0 radical (unpaired) electrons. The van der Waals surface area contributed by atoms with Crippen LogP contribution in [0, 0.1) is 0 Å². The van der Waals surface area contributed by atoms with Crippen LogP contribution in [0.4, 0.5) is 5.69 Å². The molecule has 1 aromatic carbocycles. The van der Waals surface area contributed by atoms with Gasteiger partial charge < -0.3 is 9.88 Å². The number of anilines is 1. The number of carbonyl (C=O) groups excluding carboxylic acids is 1. The van der Waals surface area contributed by atoms with Crippen molar-refractivity contribution in [2.75, 3.05) is 5.32 Å². The van der Waals surface area contributed by atoms with Gasteiger partial charge in [-0.05, 0) is 31.5 Å². The number of aryl methyl sites for hydroxylation is 1. The maximum Gasteiger partial charge on any atom is 0.237 e. The lowest BCUT2D eigenvalue weighted by Gasteiger charge is -2.13. The predicted molar refractivity (Wildman–Crippen MR) is 100.0 cm³/mol. The number of rotatable bonds is 8. The number of hydrogen-bond acceptors (Lipinski definition) is 4. The SMILES string of the molecule is CCCCCn1cnnc1S[C@H](C)C(=O)Nc1cc(Cl)cc(Cl)c1. The predicted octanol–water partition coefficient (Wildman–Crippen LogP) is 4.89. The third kappa shape index (κ3) is 5.69. The lowest BCUT2D eigenvalue weighted by molar-refractivity contribution is -0.115. The smallest absolute Gasteiger partial charge is 0.237 e. The highest BCUT2D eigenvalue weighted by atomic mass is 35.5. The van der Waals surface area contributed by atoms with Crippen LogP contribution in [0.1, 0.15) is 33.1 Å². The van der Waals surface area contributed by atoms with Gasteiger partial charge in [-0.1, -0.05) is 54.7 Å². The van der Waals surface area contributed by atoms with Crippen molar-refractivity contribution in [2.45, 2.75) is 50.1 Å². The number of nitrogens with zero attached hydrogens (tertiary/aromatic N) is 3. The van der Waals surface area contributed by atoms with Gasteiger partial charge in [0.05, 0.1) is 5.25 Å². The second kappa shape index (κ2) is 9.30. The summed E-state index contributed by atoms with van der Waals surface area (Å²) in [6.07, 6.45) is 5.10. The summed E-state index contributed by atoms with van der Waals surface area (Å²) in [4.78, 5) is 12.4. The second-order valence-corrected chi connectivity index (χ2v) is 7.60. The zero-order valence-electron chi connectivity index (χ0n) is 13.6. The molecule has 0 aliphatic heterocycles. The van der Waals surface area contributed by atoms with Crippen LogP contribution in [-0.2, 0) is 11.3 Å². The molecule has 1 aromatic heterocycles. The molecule has 1 heterocycles. The Morgan fingerprint density at radius 2 is 2.00 bits per heavy atom. The van der Waals surface area contributed by atoms with E-state index >= 15 is 0 Å². The lowest BCUT2D eigenvalue weighted by atomic mass is 10.2. The summed E-state index contributed by atoms with van der Waals surface area (Å²) in [5.41, 5.74) is 0.578. The van der Waals surface area contributed by atoms with Crippen molar-refractivity contribution in [3.8, 4) is 0 Å². The lowest BCUT2D eigenvalue weighted by Crippen LogP contribution is -2.23. The molecule has 0 spiro atoms. The van der Waals surface area contributed by atoms with E-state index in [4.69, 9.17) is 23.2 Å². The van der Waals surface area contributed by atoms with E-state index in [1.54, 1.807) is 24.5 Å². The van der Waals surface area contributed by atoms with Crippen LogP contribution >= 0.6 is 35.0 Å². The molecule has 2 rings (SSSR count). The molecule has 0 unspecified atom stereocenters. The van der Waals surface area contributed by atoms with E-state index in [2.05, 4.69) is 22.4 Å². The van der Waals surface area contributed by atoms with Crippen LogP contribution in [0.15, 0.2) is 29.7 Å². The third-order valence-corrected chi connectivity index (χ3v) is 4.90. The summed E-state index contributed by atoms with van der Waals surface area (Å²) >= 11 is 13.3. The van der Waals surface area contributed by atoms with Gasteiger partial charge in [0, 0.05) is 22.3 Å². The molecule has 0 saturated heterocycles. The molecule has 0 fully saturated rings. The molecule has 8 heteroatoms. The van der Waals surface area contributed by atoms with E-state index in [0.29, 0.717) is 15.7 Å². The number of hydrogen-bond donors (Lipinski definition) is 1. The van der Waals surface area contributed by atoms with Gasteiger partial charge in [0.2, 0.25) is 5.91 Å². The first kappa shape index (κ1) is 19.1. The highest BCUT2D eigenvalue weighted by Gasteiger charge is 2.18. The first-order chi connectivity index (χ1) is 11.5. The zero-order valence-corrected chi connectivity index (χ0v) is 16.0. The molecular weight excluding hydrogens is 367 g/mol. The minimum absolute atomic E-state index is 0.138. The Morgan fingerprint density at radius 1 is 1.29 bits per heavy atom. The normalized spacial score (nSPS) is 12.2. The summed E-state index contributed by atoms with van der Waals surface area (Å²) in [5.74, 6) is -0.138. The molecule has 1 N–H and O–H groups in total. The summed E-state index contributed by atoms with van der Waals surface area (Å²) in [6.45, 7) is 4.86. The van der Waals surface area contributed by atoms with E-state index in [9.17, 15) is 4.79 Å². The fourth-order valence-corrected chi connectivity index (χ4v) is 3.48.